The van der Waals surface area contributed by atoms with Crippen molar-refractivity contribution in [1.82, 2.24) is 4.98 Å². The Morgan fingerprint density at radius 3 is 2.87 bits per heavy atom. The molecule has 0 amide bonds. The predicted octanol–water partition coefficient (Wildman–Crippen LogP) is 0.544. The fourth-order valence-electron chi connectivity index (χ4n) is 1.87. The smallest absolute Gasteiger partial charge is 0.153 e. The quantitative estimate of drug-likeness (QED) is 0.828. The molecule has 2 rings (SSSR count). The maximum absolute atomic E-state index is 11.3. The third kappa shape index (κ3) is 2.56. The zero-order valence-electron chi connectivity index (χ0n) is 8.43. The molecule has 0 saturated carbocycles. The summed E-state index contributed by atoms with van der Waals surface area (Å²) in [5, 5.41) is 12.9. The molecule has 0 spiro atoms. The van der Waals surface area contributed by atoms with E-state index in [9.17, 15) is 13.5 Å². The molecule has 0 radical (unpaired) electrons. The predicted molar refractivity (Wildman–Crippen MR) is 58.8 cm³/mol. The van der Waals surface area contributed by atoms with E-state index in [2.05, 4.69) is 4.98 Å². The van der Waals surface area contributed by atoms with Crippen LogP contribution in [0.3, 0.4) is 0 Å². The molecule has 1 unspecified atom stereocenters. The molecule has 4 nitrogen and oxygen atoms in total. The average molecular weight is 247 g/mol. The van der Waals surface area contributed by atoms with Crippen LogP contribution in [0.5, 0.6) is 0 Å². The second-order valence-electron chi connectivity index (χ2n) is 4.10. The number of hydrogen-bond acceptors (Lipinski definition) is 5. The molecule has 1 aromatic rings. The van der Waals surface area contributed by atoms with Crippen molar-refractivity contribution in [2.45, 2.75) is 25.4 Å². The van der Waals surface area contributed by atoms with Crippen molar-refractivity contribution in [1.29, 1.82) is 0 Å². The van der Waals surface area contributed by atoms with Crippen LogP contribution in [0.2, 0.25) is 0 Å². The molecule has 15 heavy (non-hydrogen) atoms. The van der Waals surface area contributed by atoms with E-state index in [1.165, 1.54) is 11.3 Å². The number of rotatable bonds is 2. The number of aliphatic hydroxyl groups is 1. The first kappa shape index (κ1) is 11.0. The molecule has 1 N–H and O–H groups in total. The highest BCUT2D eigenvalue weighted by Gasteiger charge is 2.40. The normalized spacial score (nSPS) is 29.5. The molecular weight excluding hydrogens is 234 g/mol. The SMILES string of the molecule is Cc1nc(CC2(O)CCS(=O)(=O)C2)cs1. The van der Waals surface area contributed by atoms with E-state index in [1.807, 2.05) is 12.3 Å². The summed E-state index contributed by atoms with van der Waals surface area (Å²) in [6.45, 7) is 1.89. The van der Waals surface area contributed by atoms with Gasteiger partial charge in [0.25, 0.3) is 0 Å². The summed E-state index contributed by atoms with van der Waals surface area (Å²) in [5.74, 6) is -0.0385. The summed E-state index contributed by atoms with van der Waals surface area (Å²) < 4.78 is 22.5. The van der Waals surface area contributed by atoms with Gasteiger partial charge in [0.2, 0.25) is 0 Å². The molecule has 2 heterocycles. The third-order valence-corrected chi connectivity index (χ3v) is 5.17. The Bertz CT molecular complexity index is 465. The summed E-state index contributed by atoms with van der Waals surface area (Å²) in [4.78, 5) is 4.23. The van der Waals surface area contributed by atoms with Gasteiger partial charge in [-0.2, -0.15) is 0 Å². The van der Waals surface area contributed by atoms with Crippen LogP contribution >= 0.6 is 11.3 Å². The van der Waals surface area contributed by atoms with Crippen molar-refractivity contribution < 1.29 is 13.5 Å². The minimum Gasteiger partial charge on any atom is -0.388 e. The molecule has 1 aromatic heterocycles. The van der Waals surface area contributed by atoms with Crippen LogP contribution in [0.25, 0.3) is 0 Å². The summed E-state index contributed by atoms with van der Waals surface area (Å²) >= 11 is 1.51. The molecule has 1 aliphatic heterocycles. The fourth-order valence-corrected chi connectivity index (χ4v) is 4.38. The summed E-state index contributed by atoms with van der Waals surface area (Å²) in [6.07, 6.45) is 0.669. The van der Waals surface area contributed by atoms with Gasteiger partial charge in [-0.3, -0.25) is 0 Å². The van der Waals surface area contributed by atoms with Crippen molar-refractivity contribution >= 4 is 21.2 Å². The van der Waals surface area contributed by atoms with E-state index < -0.39 is 15.4 Å². The highest BCUT2D eigenvalue weighted by Crippen LogP contribution is 2.27. The lowest BCUT2D eigenvalue weighted by molar-refractivity contribution is 0.0673. The maximum atomic E-state index is 11.3. The number of thiazole rings is 1. The Hall–Kier alpha value is -0.460. The van der Waals surface area contributed by atoms with Crippen LogP contribution in [0, 0.1) is 6.92 Å². The molecular formula is C9H13NO3S2. The molecule has 84 valence electrons. The first-order valence-electron chi connectivity index (χ1n) is 4.72. The molecule has 1 saturated heterocycles. The van der Waals surface area contributed by atoms with E-state index in [-0.39, 0.29) is 11.5 Å². The van der Waals surface area contributed by atoms with Gasteiger partial charge in [0.15, 0.2) is 9.84 Å². The lowest BCUT2D eigenvalue weighted by Crippen LogP contribution is -2.32. The first-order valence-corrected chi connectivity index (χ1v) is 7.43. The van der Waals surface area contributed by atoms with Gasteiger partial charge < -0.3 is 5.11 Å². The fraction of sp³-hybridized carbons (Fsp3) is 0.667. The molecule has 1 atom stereocenters. The zero-order chi connectivity index (χ0) is 11.1. The summed E-state index contributed by atoms with van der Waals surface area (Å²) in [5.41, 5.74) is -0.309. The number of aromatic nitrogens is 1. The van der Waals surface area contributed by atoms with Crippen LogP contribution in [0.1, 0.15) is 17.1 Å². The largest absolute Gasteiger partial charge is 0.388 e. The van der Waals surface area contributed by atoms with Gasteiger partial charge in [-0.1, -0.05) is 0 Å². The van der Waals surface area contributed by atoms with E-state index >= 15 is 0 Å². The second-order valence-corrected chi connectivity index (χ2v) is 7.35. The van der Waals surface area contributed by atoms with Crippen molar-refractivity contribution in [3.63, 3.8) is 0 Å². The Morgan fingerprint density at radius 2 is 2.40 bits per heavy atom. The molecule has 0 aromatic carbocycles. The molecule has 1 fully saturated rings. The van der Waals surface area contributed by atoms with Crippen LogP contribution < -0.4 is 0 Å². The van der Waals surface area contributed by atoms with E-state index in [1.54, 1.807) is 0 Å². The van der Waals surface area contributed by atoms with Crippen LogP contribution in [-0.2, 0) is 16.3 Å². The van der Waals surface area contributed by atoms with Gasteiger partial charge >= 0.3 is 0 Å². The van der Waals surface area contributed by atoms with Crippen LogP contribution in [0.4, 0.5) is 0 Å². The average Bonchev–Trinajstić information content (AvgIpc) is 2.57. The van der Waals surface area contributed by atoms with Gasteiger partial charge in [0, 0.05) is 11.8 Å². The Labute approximate surface area is 92.9 Å². The molecule has 6 heteroatoms. The Morgan fingerprint density at radius 1 is 1.67 bits per heavy atom. The highest BCUT2D eigenvalue weighted by molar-refractivity contribution is 7.91. The first-order chi connectivity index (χ1) is 6.89. The van der Waals surface area contributed by atoms with Crippen molar-refractivity contribution in [3.05, 3.63) is 16.1 Å². The van der Waals surface area contributed by atoms with Crippen molar-refractivity contribution in [2.24, 2.45) is 0 Å². The standard InChI is InChI=1S/C9H13NO3S2/c1-7-10-8(5-14-7)4-9(11)2-3-15(12,13)6-9/h5,11H,2-4,6H2,1H3. The lowest BCUT2D eigenvalue weighted by atomic mass is 9.98. The zero-order valence-corrected chi connectivity index (χ0v) is 10.1. The number of nitrogens with zero attached hydrogens (tertiary/aromatic N) is 1. The number of aryl methyl sites for hydroxylation is 1. The number of hydrogen-bond donors (Lipinski definition) is 1. The summed E-state index contributed by atoms with van der Waals surface area (Å²) in [7, 11) is -3.04. The number of sulfone groups is 1. The van der Waals surface area contributed by atoms with Gasteiger partial charge in [0.1, 0.15) is 0 Å². The third-order valence-electron chi connectivity index (χ3n) is 2.54. The molecule has 0 bridgehead atoms. The topological polar surface area (TPSA) is 67.3 Å². The molecule has 0 aliphatic carbocycles. The van der Waals surface area contributed by atoms with Gasteiger partial charge in [-0.25, -0.2) is 13.4 Å². The minimum absolute atomic E-state index is 0.0899. The van der Waals surface area contributed by atoms with E-state index in [4.69, 9.17) is 0 Å². The van der Waals surface area contributed by atoms with Gasteiger partial charge in [-0.05, 0) is 13.3 Å². The van der Waals surface area contributed by atoms with Crippen molar-refractivity contribution in [3.8, 4) is 0 Å². The maximum Gasteiger partial charge on any atom is 0.153 e. The van der Waals surface area contributed by atoms with Crippen molar-refractivity contribution in [2.75, 3.05) is 11.5 Å². The second kappa shape index (κ2) is 3.54. The highest BCUT2D eigenvalue weighted by atomic mass is 32.2. The van der Waals surface area contributed by atoms with E-state index in [0.29, 0.717) is 12.8 Å². The van der Waals surface area contributed by atoms with Gasteiger partial charge in [-0.15, -0.1) is 11.3 Å². The van der Waals surface area contributed by atoms with Crippen LogP contribution in [-0.4, -0.2) is 35.6 Å². The Kier molecular flexibility index (Phi) is 2.60. The Balaban J connectivity index is 2.13. The monoisotopic (exact) mass is 247 g/mol. The van der Waals surface area contributed by atoms with E-state index in [0.717, 1.165) is 10.7 Å². The minimum atomic E-state index is -3.04. The molecule has 1 aliphatic rings. The lowest BCUT2D eigenvalue weighted by Gasteiger charge is -2.18. The summed E-state index contributed by atoms with van der Waals surface area (Å²) in [6, 6.07) is 0. The van der Waals surface area contributed by atoms with Crippen LogP contribution in [0.15, 0.2) is 5.38 Å². The van der Waals surface area contributed by atoms with Gasteiger partial charge in [0.05, 0.1) is 27.8 Å².